The molecule has 0 radical (unpaired) electrons. The third-order valence-electron chi connectivity index (χ3n) is 2.62. The first-order valence-electron chi connectivity index (χ1n) is 5.31. The Hall–Kier alpha value is -1.26. The average Bonchev–Trinajstić information content (AvgIpc) is 2.24. The van der Waals surface area contributed by atoms with E-state index in [0.29, 0.717) is 23.7 Å². The number of hydrogen-bond acceptors (Lipinski definition) is 3. The van der Waals surface area contributed by atoms with Crippen LogP contribution in [0.15, 0.2) is 18.2 Å². The largest absolute Gasteiger partial charge is 0.506 e. The van der Waals surface area contributed by atoms with Crippen LogP contribution in [0.2, 0.25) is 5.02 Å². The zero-order chi connectivity index (χ0) is 13.1. The highest BCUT2D eigenvalue weighted by atomic mass is 35.5. The monoisotopic (exact) mass is 256 g/mol. The van der Waals surface area contributed by atoms with E-state index < -0.39 is 5.41 Å². The van der Waals surface area contributed by atoms with Gasteiger partial charge in [-0.05, 0) is 19.9 Å². The first-order valence-corrected chi connectivity index (χ1v) is 5.69. The normalized spacial score (nSPS) is 11.5. The Morgan fingerprint density at radius 3 is 2.76 bits per heavy atom. The summed E-state index contributed by atoms with van der Waals surface area (Å²) in [5, 5.41) is 13.1. The third-order valence-corrected chi connectivity index (χ3v) is 2.92. The molecule has 4 N–H and O–H groups in total. The molecule has 0 saturated heterocycles. The van der Waals surface area contributed by atoms with Gasteiger partial charge in [0.15, 0.2) is 0 Å². The minimum absolute atomic E-state index is 0.0681. The number of carbonyl (C=O) groups excluding carboxylic acids is 1. The van der Waals surface area contributed by atoms with Gasteiger partial charge < -0.3 is 16.2 Å². The lowest BCUT2D eigenvalue weighted by molar-refractivity contribution is -0.125. The summed E-state index contributed by atoms with van der Waals surface area (Å²) in [6.07, 6.45) is 0. The molecular formula is C12H17ClN2O2. The molecule has 1 rings (SSSR count). The maximum Gasteiger partial charge on any atom is 0.224 e. The summed E-state index contributed by atoms with van der Waals surface area (Å²) >= 11 is 5.78. The third kappa shape index (κ3) is 3.61. The maximum atomic E-state index is 11.1. The summed E-state index contributed by atoms with van der Waals surface area (Å²) in [4.78, 5) is 11.1. The van der Waals surface area contributed by atoms with E-state index >= 15 is 0 Å². The van der Waals surface area contributed by atoms with E-state index in [1.54, 1.807) is 32.0 Å². The molecule has 0 heterocycles. The van der Waals surface area contributed by atoms with Gasteiger partial charge in [0.2, 0.25) is 5.91 Å². The van der Waals surface area contributed by atoms with Crippen molar-refractivity contribution in [2.45, 2.75) is 20.4 Å². The molecule has 0 aliphatic heterocycles. The fourth-order valence-corrected chi connectivity index (χ4v) is 1.49. The standard InChI is InChI=1S/C12H17ClN2O2/c1-12(2,11(14)17)7-15-6-8-4-3-5-9(13)10(8)16/h3-5,15-16H,6-7H2,1-2H3,(H2,14,17). The van der Waals surface area contributed by atoms with Crippen LogP contribution in [0.5, 0.6) is 5.75 Å². The summed E-state index contributed by atoms with van der Waals surface area (Å²) < 4.78 is 0. The van der Waals surface area contributed by atoms with E-state index in [1.165, 1.54) is 0 Å². The number of phenols is 1. The van der Waals surface area contributed by atoms with Crippen LogP contribution >= 0.6 is 11.6 Å². The van der Waals surface area contributed by atoms with Crippen molar-refractivity contribution in [1.82, 2.24) is 5.32 Å². The molecule has 0 aliphatic rings. The Balaban J connectivity index is 2.58. The summed E-state index contributed by atoms with van der Waals surface area (Å²) in [6, 6.07) is 5.15. The fourth-order valence-electron chi connectivity index (χ4n) is 1.30. The first-order chi connectivity index (χ1) is 7.84. The highest BCUT2D eigenvalue weighted by Gasteiger charge is 2.24. The quantitative estimate of drug-likeness (QED) is 0.750. The van der Waals surface area contributed by atoms with Gasteiger partial charge in [-0.2, -0.15) is 0 Å². The number of halogens is 1. The molecule has 1 aromatic rings. The molecule has 0 spiro atoms. The van der Waals surface area contributed by atoms with Crippen LogP contribution in [-0.4, -0.2) is 17.6 Å². The number of rotatable bonds is 5. The van der Waals surface area contributed by atoms with E-state index in [4.69, 9.17) is 17.3 Å². The molecule has 0 atom stereocenters. The summed E-state index contributed by atoms with van der Waals surface area (Å²) in [5.74, 6) is -0.293. The molecule has 0 unspecified atom stereocenters. The van der Waals surface area contributed by atoms with Gasteiger partial charge in [0.25, 0.3) is 0 Å². The highest BCUT2D eigenvalue weighted by molar-refractivity contribution is 6.32. The van der Waals surface area contributed by atoms with Crippen molar-refractivity contribution < 1.29 is 9.90 Å². The lowest BCUT2D eigenvalue weighted by Crippen LogP contribution is -2.40. The van der Waals surface area contributed by atoms with Crippen LogP contribution in [0.1, 0.15) is 19.4 Å². The van der Waals surface area contributed by atoms with Crippen LogP contribution in [0, 0.1) is 5.41 Å². The number of hydrogen-bond donors (Lipinski definition) is 3. The van der Waals surface area contributed by atoms with E-state index in [9.17, 15) is 9.90 Å². The second kappa shape index (κ2) is 5.38. The molecule has 0 fully saturated rings. The van der Waals surface area contributed by atoms with Crippen molar-refractivity contribution in [1.29, 1.82) is 0 Å². The molecule has 1 amide bonds. The smallest absolute Gasteiger partial charge is 0.224 e. The topological polar surface area (TPSA) is 75.3 Å². The summed E-state index contributed by atoms with van der Waals surface area (Å²) in [5.41, 5.74) is 5.33. The average molecular weight is 257 g/mol. The second-order valence-electron chi connectivity index (χ2n) is 4.60. The number of aromatic hydroxyl groups is 1. The molecule has 1 aromatic carbocycles. The van der Waals surface area contributed by atoms with Gasteiger partial charge in [0.1, 0.15) is 5.75 Å². The van der Waals surface area contributed by atoms with E-state index in [-0.39, 0.29) is 11.7 Å². The Morgan fingerprint density at radius 1 is 1.53 bits per heavy atom. The minimum Gasteiger partial charge on any atom is -0.506 e. The minimum atomic E-state index is -0.617. The fraction of sp³-hybridized carbons (Fsp3) is 0.417. The van der Waals surface area contributed by atoms with Crippen molar-refractivity contribution in [3.05, 3.63) is 28.8 Å². The summed E-state index contributed by atoms with van der Waals surface area (Å²) in [6.45, 7) is 4.40. The van der Waals surface area contributed by atoms with E-state index in [1.807, 2.05) is 0 Å². The first kappa shape index (κ1) is 13.8. The van der Waals surface area contributed by atoms with Gasteiger partial charge in [0, 0.05) is 18.7 Å². The van der Waals surface area contributed by atoms with E-state index in [0.717, 1.165) is 0 Å². The predicted molar refractivity (Wildman–Crippen MR) is 67.8 cm³/mol. The Labute approximate surface area is 106 Å². The molecule has 4 nitrogen and oxygen atoms in total. The van der Waals surface area contributed by atoms with Crippen LogP contribution in [0.3, 0.4) is 0 Å². The van der Waals surface area contributed by atoms with Gasteiger partial charge in [-0.25, -0.2) is 0 Å². The summed E-state index contributed by atoms with van der Waals surface area (Å²) in [7, 11) is 0. The molecule has 0 bridgehead atoms. The van der Waals surface area contributed by atoms with Gasteiger partial charge in [-0.1, -0.05) is 23.7 Å². The number of nitrogens with two attached hydrogens (primary N) is 1. The zero-order valence-electron chi connectivity index (χ0n) is 9.96. The Bertz CT molecular complexity index is 419. The van der Waals surface area contributed by atoms with Gasteiger partial charge in [-0.15, -0.1) is 0 Å². The molecule has 0 aromatic heterocycles. The van der Waals surface area contributed by atoms with Crippen molar-refractivity contribution in [2.24, 2.45) is 11.1 Å². The number of carbonyl (C=O) groups is 1. The Morgan fingerprint density at radius 2 is 2.18 bits per heavy atom. The highest BCUT2D eigenvalue weighted by Crippen LogP contribution is 2.26. The number of primary amides is 1. The van der Waals surface area contributed by atoms with Crippen molar-refractivity contribution in [2.75, 3.05) is 6.54 Å². The van der Waals surface area contributed by atoms with Crippen molar-refractivity contribution >= 4 is 17.5 Å². The number of phenolic OH excluding ortho intramolecular Hbond substituents is 1. The predicted octanol–water partition coefficient (Wildman–Crippen LogP) is 1.65. The van der Waals surface area contributed by atoms with Crippen LogP contribution in [0.25, 0.3) is 0 Å². The molecular weight excluding hydrogens is 240 g/mol. The Kier molecular flexibility index (Phi) is 4.37. The number of nitrogens with one attached hydrogen (secondary N) is 1. The van der Waals surface area contributed by atoms with Gasteiger partial charge >= 0.3 is 0 Å². The molecule has 5 heteroatoms. The van der Waals surface area contributed by atoms with Crippen LogP contribution in [-0.2, 0) is 11.3 Å². The zero-order valence-corrected chi connectivity index (χ0v) is 10.7. The van der Waals surface area contributed by atoms with Crippen molar-refractivity contribution in [3.8, 4) is 5.75 Å². The van der Waals surface area contributed by atoms with E-state index in [2.05, 4.69) is 5.32 Å². The van der Waals surface area contributed by atoms with Crippen LogP contribution in [0.4, 0.5) is 0 Å². The lowest BCUT2D eigenvalue weighted by atomic mass is 9.93. The number of amides is 1. The van der Waals surface area contributed by atoms with Gasteiger partial charge in [0.05, 0.1) is 10.4 Å². The lowest BCUT2D eigenvalue weighted by Gasteiger charge is -2.21. The number of para-hydroxylation sites is 1. The second-order valence-corrected chi connectivity index (χ2v) is 5.01. The molecule has 0 saturated carbocycles. The molecule has 17 heavy (non-hydrogen) atoms. The van der Waals surface area contributed by atoms with Gasteiger partial charge in [-0.3, -0.25) is 4.79 Å². The number of benzene rings is 1. The van der Waals surface area contributed by atoms with Crippen LogP contribution < -0.4 is 11.1 Å². The molecule has 94 valence electrons. The maximum absolute atomic E-state index is 11.1. The molecule has 0 aliphatic carbocycles. The SMILES string of the molecule is CC(C)(CNCc1cccc(Cl)c1O)C(N)=O. The van der Waals surface area contributed by atoms with Crippen molar-refractivity contribution in [3.63, 3.8) is 0 Å².